The van der Waals surface area contributed by atoms with E-state index in [0.717, 1.165) is 12.1 Å². The van der Waals surface area contributed by atoms with E-state index in [4.69, 9.17) is 0 Å². The van der Waals surface area contributed by atoms with Gasteiger partial charge < -0.3 is 15.7 Å². The Labute approximate surface area is 131 Å². The molecule has 0 fully saturated rings. The smallest absolute Gasteiger partial charge is 0.313 e. The van der Waals surface area contributed by atoms with Crippen molar-refractivity contribution in [3.8, 4) is 0 Å². The number of hydrogen-bond donors (Lipinski definition) is 3. The van der Waals surface area contributed by atoms with E-state index in [1.807, 2.05) is 11.6 Å². The van der Waals surface area contributed by atoms with Gasteiger partial charge in [0.05, 0.1) is 11.3 Å². The summed E-state index contributed by atoms with van der Waals surface area (Å²) in [6.07, 6.45) is 2.34. The average Bonchev–Trinajstić information content (AvgIpc) is 2.45. The first kappa shape index (κ1) is 18.4. The lowest BCUT2D eigenvalue weighted by Gasteiger charge is -2.23. The molecule has 3 N–H and O–H groups in total. The van der Waals surface area contributed by atoms with E-state index in [9.17, 15) is 23.5 Å². The van der Waals surface area contributed by atoms with Gasteiger partial charge in [-0.15, -0.1) is 0 Å². The van der Waals surface area contributed by atoms with Crippen LogP contribution >= 0.6 is 11.8 Å². The van der Waals surface area contributed by atoms with Gasteiger partial charge >= 0.3 is 11.8 Å². The highest BCUT2D eigenvalue weighted by Gasteiger charge is 2.23. The van der Waals surface area contributed by atoms with Crippen LogP contribution in [-0.2, 0) is 9.59 Å². The van der Waals surface area contributed by atoms with Gasteiger partial charge in [0.15, 0.2) is 0 Å². The molecule has 8 heteroatoms. The van der Waals surface area contributed by atoms with Gasteiger partial charge in [0, 0.05) is 12.6 Å². The molecule has 0 aliphatic rings. The Kier molecular flexibility index (Phi) is 6.76. The highest BCUT2D eigenvalue weighted by Crippen LogP contribution is 2.15. The third-order valence-electron chi connectivity index (χ3n) is 2.86. The molecule has 1 aromatic carbocycles. The largest absolute Gasteiger partial charge is 0.388 e. The van der Waals surface area contributed by atoms with Gasteiger partial charge in [-0.2, -0.15) is 11.8 Å². The number of carbonyl (C=O) groups is 2. The maximum atomic E-state index is 13.4. The molecule has 0 saturated carbocycles. The summed E-state index contributed by atoms with van der Waals surface area (Å²) in [5, 5.41) is 14.3. The Hall–Kier alpha value is -1.67. The van der Waals surface area contributed by atoms with E-state index < -0.39 is 29.0 Å². The first-order valence-corrected chi connectivity index (χ1v) is 7.90. The van der Waals surface area contributed by atoms with Crippen LogP contribution in [-0.4, -0.2) is 41.1 Å². The predicted octanol–water partition coefficient (Wildman–Crippen LogP) is 1.52. The number of anilines is 1. The first-order valence-electron chi connectivity index (χ1n) is 6.51. The molecule has 0 unspecified atom stereocenters. The number of benzene rings is 1. The number of halogens is 2. The van der Waals surface area contributed by atoms with Crippen molar-refractivity contribution in [2.45, 2.75) is 18.9 Å². The molecule has 0 aliphatic heterocycles. The van der Waals surface area contributed by atoms with Crippen molar-refractivity contribution in [1.82, 2.24) is 5.32 Å². The molecule has 1 atom stereocenters. The van der Waals surface area contributed by atoms with Gasteiger partial charge in [-0.1, -0.05) is 0 Å². The average molecular weight is 332 g/mol. The second-order valence-electron chi connectivity index (χ2n) is 5.00. The molecule has 0 saturated heterocycles. The summed E-state index contributed by atoms with van der Waals surface area (Å²) in [5.41, 5.74) is -1.43. The van der Waals surface area contributed by atoms with Crippen molar-refractivity contribution in [1.29, 1.82) is 0 Å². The van der Waals surface area contributed by atoms with Crippen LogP contribution in [0.2, 0.25) is 0 Å². The number of thioether (sulfide) groups is 1. The molecule has 1 rings (SSSR count). The molecule has 0 spiro atoms. The van der Waals surface area contributed by atoms with Crippen LogP contribution in [0.15, 0.2) is 18.2 Å². The zero-order valence-electron chi connectivity index (χ0n) is 12.3. The van der Waals surface area contributed by atoms with E-state index >= 15 is 0 Å². The van der Waals surface area contributed by atoms with E-state index in [-0.39, 0.29) is 12.2 Å². The Morgan fingerprint density at radius 2 is 2.00 bits per heavy atom. The third-order valence-corrected chi connectivity index (χ3v) is 3.47. The van der Waals surface area contributed by atoms with Crippen molar-refractivity contribution in [3.63, 3.8) is 0 Å². The molecule has 2 amide bonds. The van der Waals surface area contributed by atoms with Crippen molar-refractivity contribution in [3.05, 3.63) is 29.8 Å². The Morgan fingerprint density at radius 1 is 1.32 bits per heavy atom. The minimum Gasteiger partial charge on any atom is -0.388 e. The normalized spacial score (nSPS) is 13.3. The summed E-state index contributed by atoms with van der Waals surface area (Å²) < 4.78 is 26.1. The number of hydrogen-bond acceptors (Lipinski definition) is 4. The standard InChI is InChI=1S/C14H18F2N2O3S/c1-14(21,5-6-22-2)8-17-12(19)13(20)18-11-4-3-9(15)7-10(11)16/h3-4,7,21H,5-6,8H2,1-2H3,(H,17,19)(H,18,20)/t14-/m0/s1. The van der Waals surface area contributed by atoms with Crippen LogP contribution in [0.3, 0.4) is 0 Å². The number of nitrogens with one attached hydrogen (secondary N) is 2. The molecule has 22 heavy (non-hydrogen) atoms. The quantitative estimate of drug-likeness (QED) is 0.690. The summed E-state index contributed by atoms with van der Waals surface area (Å²) >= 11 is 1.55. The highest BCUT2D eigenvalue weighted by atomic mass is 32.2. The Morgan fingerprint density at radius 3 is 2.59 bits per heavy atom. The van der Waals surface area contributed by atoms with Crippen molar-refractivity contribution in [2.24, 2.45) is 0 Å². The molecule has 0 heterocycles. The highest BCUT2D eigenvalue weighted by molar-refractivity contribution is 7.98. The van der Waals surface area contributed by atoms with E-state index in [1.54, 1.807) is 18.7 Å². The minimum absolute atomic E-state index is 0.105. The molecule has 5 nitrogen and oxygen atoms in total. The van der Waals surface area contributed by atoms with Gasteiger partial charge in [-0.25, -0.2) is 8.78 Å². The molecular formula is C14H18F2N2O3S. The second kappa shape index (κ2) is 8.09. The lowest BCUT2D eigenvalue weighted by molar-refractivity contribution is -0.136. The molecule has 0 radical (unpaired) electrons. The van der Waals surface area contributed by atoms with E-state index in [0.29, 0.717) is 18.2 Å². The minimum atomic E-state index is -1.14. The maximum Gasteiger partial charge on any atom is 0.313 e. The van der Waals surface area contributed by atoms with Crippen molar-refractivity contribution in [2.75, 3.05) is 23.9 Å². The zero-order chi connectivity index (χ0) is 16.8. The number of carbonyl (C=O) groups excluding carboxylic acids is 2. The Balaban J connectivity index is 2.53. The van der Waals surface area contributed by atoms with Gasteiger partial charge in [0.1, 0.15) is 11.6 Å². The lowest BCUT2D eigenvalue weighted by atomic mass is 10.0. The summed E-state index contributed by atoms with van der Waals surface area (Å²) in [4.78, 5) is 23.2. The summed E-state index contributed by atoms with van der Waals surface area (Å²) in [7, 11) is 0. The fourth-order valence-corrected chi connectivity index (χ4v) is 2.18. The second-order valence-corrected chi connectivity index (χ2v) is 5.99. The van der Waals surface area contributed by atoms with Gasteiger partial charge in [-0.05, 0) is 37.5 Å². The fourth-order valence-electron chi connectivity index (χ4n) is 1.53. The SMILES string of the molecule is CSCC[C@](C)(O)CNC(=O)C(=O)Nc1ccc(F)cc1F. The Bertz CT molecular complexity index is 553. The van der Waals surface area contributed by atoms with Crippen LogP contribution in [0.25, 0.3) is 0 Å². The monoisotopic (exact) mass is 332 g/mol. The lowest BCUT2D eigenvalue weighted by Crippen LogP contribution is -2.45. The van der Waals surface area contributed by atoms with Crippen LogP contribution in [0.5, 0.6) is 0 Å². The number of amides is 2. The summed E-state index contributed by atoms with van der Waals surface area (Å²) in [6.45, 7) is 1.44. The summed E-state index contributed by atoms with van der Waals surface area (Å²) in [5.74, 6) is -3.16. The predicted molar refractivity (Wildman–Crippen MR) is 81.6 cm³/mol. The van der Waals surface area contributed by atoms with Gasteiger partial charge in [-0.3, -0.25) is 9.59 Å². The molecule has 0 bridgehead atoms. The van der Waals surface area contributed by atoms with Crippen molar-refractivity contribution < 1.29 is 23.5 Å². The number of aliphatic hydroxyl groups is 1. The summed E-state index contributed by atoms with van der Waals surface area (Å²) in [6, 6.07) is 2.58. The molecule has 1 aromatic rings. The van der Waals surface area contributed by atoms with Crippen molar-refractivity contribution >= 4 is 29.3 Å². The van der Waals surface area contributed by atoms with Crippen LogP contribution < -0.4 is 10.6 Å². The van der Waals surface area contributed by atoms with E-state index in [1.165, 1.54) is 0 Å². The fraction of sp³-hybridized carbons (Fsp3) is 0.429. The topological polar surface area (TPSA) is 78.4 Å². The van der Waals surface area contributed by atoms with Gasteiger partial charge in [0.25, 0.3) is 0 Å². The molecular weight excluding hydrogens is 314 g/mol. The van der Waals surface area contributed by atoms with E-state index in [2.05, 4.69) is 5.32 Å². The van der Waals surface area contributed by atoms with Crippen LogP contribution in [0.4, 0.5) is 14.5 Å². The zero-order valence-corrected chi connectivity index (χ0v) is 13.1. The molecule has 0 aliphatic carbocycles. The molecule has 122 valence electrons. The maximum absolute atomic E-state index is 13.4. The van der Waals surface area contributed by atoms with Gasteiger partial charge in [0.2, 0.25) is 0 Å². The molecule has 0 aromatic heterocycles. The van der Waals surface area contributed by atoms with Crippen LogP contribution in [0, 0.1) is 11.6 Å². The first-order chi connectivity index (χ1) is 10.2. The number of rotatable bonds is 6. The van der Waals surface area contributed by atoms with Crippen LogP contribution in [0.1, 0.15) is 13.3 Å². The third kappa shape index (κ3) is 5.98.